The minimum absolute atomic E-state index is 0.156. The lowest BCUT2D eigenvalue weighted by molar-refractivity contribution is -0.118. The first-order valence-electron chi connectivity index (χ1n) is 7.95. The van der Waals surface area contributed by atoms with E-state index in [0.29, 0.717) is 5.39 Å². The summed E-state index contributed by atoms with van der Waals surface area (Å²) in [5, 5.41) is 4.42. The van der Waals surface area contributed by atoms with Crippen molar-refractivity contribution in [2.24, 2.45) is 0 Å². The zero-order valence-corrected chi connectivity index (χ0v) is 14.0. The van der Waals surface area contributed by atoms with E-state index in [1.807, 2.05) is 56.3 Å². The highest BCUT2D eigenvalue weighted by Crippen LogP contribution is 2.18. The zero-order valence-electron chi connectivity index (χ0n) is 14.0. The maximum atomic E-state index is 12.6. The van der Waals surface area contributed by atoms with Gasteiger partial charge in [-0.1, -0.05) is 30.3 Å². The van der Waals surface area contributed by atoms with Gasteiger partial charge in [-0.2, -0.15) is 0 Å². The summed E-state index contributed by atoms with van der Waals surface area (Å²) in [6.45, 7) is 5.66. The van der Waals surface area contributed by atoms with E-state index in [9.17, 15) is 9.59 Å². The van der Waals surface area contributed by atoms with Crippen LogP contribution in [0.15, 0.2) is 59.5 Å². The fraction of sp³-hybridized carbons (Fsp3) is 0.200. The second-order valence-electron chi connectivity index (χ2n) is 6.10. The second kappa shape index (κ2) is 6.32. The fourth-order valence-corrected chi connectivity index (χ4v) is 2.74. The SMILES string of the molecule is Cc1ccc(C)c(NC(=O)C(C)n2ccc3ccccc3c2=O)c1. The third-order valence-corrected chi connectivity index (χ3v) is 4.29. The van der Waals surface area contributed by atoms with Crippen LogP contribution in [0.2, 0.25) is 0 Å². The molecule has 1 unspecified atom stereocenters. The van der Waals surface area contributed by atoms with Crippen molar-refractivity contribution < 1.29 is 4.79 Å². The number of carbonyl (C=O) groups excluding carboxylic acids is 1. The van der Waals surface area contributed by atoms with E-state index in [1.165, 1.54) is 4.57 Å². The van der Waals surface area contributed by atoms with Crippen molar-refractivity contribution in [1.29, 1.82) is 0 Å². The molecular weight excluding hydrogens is 300 g/mol. The number of rotatable bonds is 3. The molecular formula is C20H20N2O2. The number of anilines is 1. The lowest BCUT2D eigenvalue weighted by Gasteiger charge is -2.17. The maximum Gasteiger partial charge on any atom is 0.259 e. The third kappa shape index (κ3) is 2.95. The van der Waals surface area contributed by atoms with Gasteiger partial charge in [-0.3, -0.25) is 9.59 Å². The van der Waals surface area contributed by atoms with Gasteiger partial charge in [0.1, 0.15) is 6.04 Å². The number of fused-ring (bicyclic) bond motifs is 1. The number of nitrogens with zero attached hydrogens (tertiary/aromatic N) is 1. The number of carbonyl (C=O) groups is 1. The van der Waals surface area contributed by atoms with Crippen molar-refractivity contribution >= 4 is 22.4 Å². The third-order valence-electron chi connectivity index (χ3n) is 4.29. The van der Waals surface area contributed by atoms with Crippen molar-refractivity contribution in [2.45, 2.75) is 26.8 Å². The lowest BCUT2D eigenvalue weighted by Crippen LogP contribution is -2.31. The first-order valence-corrected chi connectivity index (χ1v) is 7.95. The summed E-state index contributed by atoms with van der Waals surface area (Å²) < 4.78 is 1.47. The standard InChI is InChI=1S/C20H20N2O2/c1-13-8-9-14(2)18(12-13)21-19(23)15(3)22-11-10-16-6-4-5-7-17(16)20(22)24/h4-12,15H,1-3H3,(H,21,23). The number of hydrogen-bond donors (Lipinski definition) is 1. The molecule has 1 atom stereocenters. The topological polar surface area (TPSA) is 51.1 Å². The minimum Gasteiger partial charge on any atom is -0.324 e. The van der Waals surface area contributed by atoms with E-state index >= 15 is 0 Å². The summed E-state index contributed by atoms with van der Waals surface area (Å²) in [6.07, 6.45) is 1.68. The summed E-state index contributed by atoms with van der Waals surface area (Å²) in [4.78, 5) is 25.2. The van der Waals surface area contributed by atoms with Crippen molar-refractivity contribution in [3.05, 3.63) is 76.2 Å². The Hall–Kier alpha value is -2.88. The Morgan fingerprint density at radius 2 is 1.83 bits per heavy atom. The Bertz CT molecular complexity index is 973. The predicted molar refractivity (Wildman–Crippen MR) is 97.5 cm³/mol. The van der Waals surface area contributed by atoms with E-state index in [-0.39, 0.29) is 11.5 Å². The first kappa shape index (κ1) is 16.0. The van der Waals surface area contributed by atoms with Crippen LogP contribution >= 0.6 is 0 Å². The molecule has 2 aromatic carbocycles. The van der Waals surface area contributed by atoms with E-state index in [2.05, 4.69) is 5.32 Å². The van der Waals surface area contributed by atoms with Crippen LogP contribution in [0.3, 0.4) is 0 Å². The summed E-state index contributed by atoms with van der Waals surface area (Å²) >= 11 is 0. The molecule has 0 aliphatic heterocycles. The largest absolute Gasteiger partial charge is 0.324 e. The molecule has 0 saturated heterocycles. The zero-order chi connectivity index (χ0) is 17.3. The minimum atomic E-state index is -0.595. The predicted octanol–water partition coefficient (Wildman–Crippen LogP) is 3.82. The van der Waals surface area contributed by atoms with Crippen LogP contribution in [0.1, 0.15) is 24.1 Å². The molecule has 122 valence electrons. The molecule has 0 bridgehead atoms. The lowest BCUT2D eigenvalue weighted by atomic mass is 10.1. The molecule has 24 heavy (non-hydrogen) atoms. The first-order chi connectivity index (χ1) is 11.5. The molecule has 0 fully saturated rings. The van der Waals surface area contributed by atoms with E-state index in [1.54, 1.807) is 19.2 Å². The molecule has 0 radical (unpaired) electrons. The van der Waals surface area contributed by atoms with Gasteiger partial charge < -0.3 is 9.88 Å². The molecule has 1 N–H and O–H groups in total. The molecule has 3 rings (SSSR count). The van der Waals surface area contributed by atoms with E-state index in [0.717, 1.165) is 22.2 Å². The summed E-state index contributed by atoms with van der Waals surface area (Å²) in [6, 6.07) is 14.6. The van der Waals surface area contributed by atoms with Gasteiger partial charge in [-0.25, -0.2) is 0 Å². The van der Waals surface area contributed by atoms with Crippen LogP contribution in [-0.2, 0) is 4.79 Å². The Morgan fingerprint density at radius 3 is 2.62 bits per heavy atom. The number of pyridine rings is 1. The van der Waals surface area contributed by atoms with Crippen molar-refractivity contribution in [1.82, 2.24) is 4.57 Å². The highest BCUT2D eigenvalue weighted by atomic mass is 16.2. The van der Waals surface area contributed by atoms with Crippen molar-refractivity contribution in [3.8, 4) is 0 Å². The van der Waals surface area contributed by atoms with Crippen LogP contribution in [0.4, 0.5) is 5.69 Å². The quantitative estimate of drug-likeness (QED) is 0.797. The van der Waals surface area contributed by atoms with E-state index in [4.69, 9.17) is 0 Å². The molecule has 4 nitrogen and oxygen atoms in total. The molecule has 1 amide bonds. The van der Waals surface area contributed by atoms with E-state index < -0.39 is 6.04 Å². The van der Waals surface area contributed by atoms with Crippen LogP contribution in [0.5, 0.6) is 0 Å². The van der Waals surface area contributed by atoms with Crippen LogP contribution < -0.4 is 10.9 Å². The van der Waals surface area contributed by atoms with Gasteiger partial charge >= 0.3 is 0 Å². The molecule has 0 spiro atoms. The van der Waals surface area contributed by atoms with Gasteiger partial charge in [0.25, 0.3) is 5.56 Å². The molecule has 0 aliphatic carbocycles. The van der Waals surface area contributed by atoms with Gasteiger partial charge in [0.2, 0.25) is 5.91 Å². The van der Waals surface area contributed by atoms with Crippen LogP contribution in [0, 0.1) is 13.8 Å². The summed E-state index contributed by atoms with van der Waals surface area (Å²) in [5.74, 6) is -0.207. The van der Waals surface area contributed by atoms with Crippen molar-refractivity contribution in [3.63, 3.8) is 0 Å². The van der Waals surface area contributed by atoms with Gasteiger partial charge in [-0.05, 0) is 55.5 Å². The fourth-order valence-electron chi connectivity index (χ4n) is 2.74. The monoisotopic (exact) mass is 320 g/mol. The molecule has 0 saturated carbocycles. The number of amides is 1. The highest BCUT2D eigenvalue weighted by Gasteiger charge is 2.17. The van der Waals surface area contributed by atoms with Gasteiger partial charge in [0, 0.05) is 17.3 Å². The molecule has 4 heteroatoms. The number of aromatic nitrogens is 1. The van der Waals surface area contributed by atoms with Crippen LogP contribution in [-0.4, -0.2) is 10.5 Å². The molecule has 1 aromatic heterocycles. The number of hydrogen-bond acceptors (Lipinski definition) is 2. The normalized spacial score (nSPS) is 12.1. The smallest absolute Gasteiger partial charge is 0.259 e. The summed E-state index contributed by atoms with van der Waals surface area (Å²) in [7, 11) is 0. The Morgan fingerprint density at radius 1 is 1.08 bits per heavy atom. The van der Waals surface area contributed by atoms with Gasteiger partial charge in [0.05, 0.1) is 0 Å². The van der Waals surface area contributed by atoms with Gasteiger partial charge in [-0.15, -0.1) is 0 Å². The molecule has 3 aromatic rings. The average Bonchev–Trinajstić information content (AvgIpc) is 2.58. The number of nitrogens with one attached hydrogen (secondary N) is 1. The number of aryl methyl sites for hydroxylation is 2. The highest BCUT2D eigenvalue weighted by molar-refractivity contribution is 5.94. The van der Waals surface area contributed by atoms with Crippen LogP contribution in [0.25, 0.3) is 10.8 Å². The van der Waals surface area contributed by atoms with Gasteiger partial charge in [0.15, 0.2) is 0 Å². The Labute approximate surface area is 140 Å². The number of benzene rings is 2. The Kier molecular flexibility index (Phi) is 4.21. The molecule has 1 heterocycles. The Balaban J connectivity index is 1.92. The maximum absolute atomic E-state index is 12.6. The van der Waals surface area contributed by atoms with Crippen molar-refractivity contribution in [2.75, 3.05) is 5.32 Å². The average molecular weight is 320 g/mol. The second-order valence-corrected chi connectivity index (χ2v) is 6.10. The molecule has 0 aliphatic rings. The summed E-state index contributed by atoms with van der Waals surface area (Å²) in [5.41, 5.74) is 2.69.